The van der Waals surface area contributed by atoms with E-state index in [1.54, 1.807) is 0 Å². The van der Waals surface area contributed by atoms with Crippen molar-refractivity contribution in [1.82, 2.24) is 19.9 Å². The normalized spacial score (nSPS) is 24.4. The minimum Gasteiger partial charge on any atom is -0.343 e. The van der Waals surface area contributed by atoms with Gasteiger partial charge in [0, 0.05) is 50.2 Å². The number of carbonyl (C=O) groups is 1. The van der Waals surface area contributed by atoms with Crippen LogP contribution in [0.5, 0.6) is 0 Å². The summed E-state index contributed by atoms with van der Waals surface area (Å²) in [5.41, 5.74) is 0.925. The molecule has 1 amide bonds. The predicted molar refractivity (Wildman–Crippen MR) is 103 cm³/mol. The van der Waals surface area contributed by atoms with E-state index >= 15 is 0 Å². The average Bonchev–Trinajstić information content (AvgIpc) is 3.13. The second kappa shape index (κ2) is 7.31. The van der Waals surface area contributed by atoms with Crippen LogP contribution in [-0.4, -0.2) is 71.2 Å². The van der Waals surface area contributed by atoms with Crippen LogP contribution in [0.25, 0.3) is 11.4 Å². The van der Waals surface area contributed by atoms with Crippen LogP contribution in [0.1, 0.15) is 26.2 Å². The number of anilines is 1. The lowest BCUT2D eigenvalue weighted by molar-refractivity contribution is -0.130. The Labute approximate surface area is 159 Å². The predicted octanol–water partition coefficient (Wildman–Crippen LogP) is 2.26. The van der Waals surface area contributed by atoms with E-state index in [0.717, 1.165) is 51.1 Å². The molecule has 1 aromatic carbocycles. The molecule has 2 aromatic rings. The Bertz CT molecular complexity index is 793. The van der Waals surface area contributed by atoms with Gasteiger partial charge in [-0.15, -0.1) is 0 Å². The first kappa shape index (κ1) is 18.0. The van der Waals surface area contributed by atoms with Crippen LogP contribution in [0.3, 0.4) is 0 Å². The minimum absolute atomic E-state index is 0.0286. The molecule has 0 aliphatic carbocycles. The van der Waals surface area contributed by atoms with Crippen LogP contribution in [0.4, 0.5) is 6.01 Å². The molecule has 1 spiro atoms. The minimum atomic E-state index is -0.0286. The average molecular weight is 369 g/mol. The van der Waals surface area contributed by atoms with Crippen molar-refractivity contribution in [3.8, 4) is 11.4 Å². The summed E-state index contributed by atoms with van der Waals surface area (Å²) in [7, 11) is 2.17. The summed E-state index contributed by atoms with van der Waals surface area (Å²) in [6, 6.07) is 10.5. The first-order valence-corrected chi connectivity index (χ1v) is 9.74. The molecule has 1 atom stereocenters. The van der Waals surface area contributed by atoms with Crippen molar-refractivity contribution in [2.75, 3.05) is 44.7 Å². The molecule has 4 rings (SSSR count). The summed E-state index contributed by atoms with van der Waals surface area (Å²) >= 11 is 0. The van der Waals surface area contributed by atoms with E-state index in [4.69, 9.17) is 4.52 Å². The number of nitrogens with zero attached hydrogens (tertiary/aromatic N) is 5. The third-order valence-electron chi connectivity index (χ3n) is 6.10. The summed E-state index contributed by atoms with van der Waals surface area (Å²) in [5, 5.41) is 4.17. The van der Waals surface area contributed by atoms with E-state index in [1.807, 2.05) is 35.2 Å². The summed E-state index contributed by atoms with van der Waals surface area (Å²) in [6.45, 7) is 6.23. The molecule has 2 saturated heterocycles. The third-order valence-corrected chi connectivity index (χ3v) is 6.10. The molecule has 0 bridgehead atoms. The number of hydrogen-bond acceptors (Lipinski definition) is 6. The Morgan fingerprint density at radius 1 is 1.15 bits per heavy atom. The van der Waals surface area contributed by atoms with Crippen molar-refractivity contribution in [3.05, 3.63) is 30.3 Å². The molecule has 7 nitrogen and oxygen atoms in total. The monoisotopic (exact) mass is 369 g/mol. The molecule has 2 aliphatic heterocycles. The maximum Gasteiger partial charge on any atom is 0.324 e. The summed E-state index contributed by atoms with van der Waals surface area (Å²) in [5.74, 6) is 0.885. The highest BCUT2D eigenvalue weighted by molar-refractivity contribution is 5.76. The molecule has 7 heteroatoms. The van der Waals surface area contributed by atoms with Crippen LogP contribution >= 0.6 is 0 Å². The van der Waals surface area contributed by atoms with Gasteiger partial charge in [0.2, 0.25) is 11.7 Å². The van der Waals surface area contributed by atoms with Crippen molar-refractivity contribution in [1.29, 1.82) is 0 Å². The maximum absolute atomic E-state index is 12.3. The zero-order valence-electron chi connectivity index (χ0n) is 16.1. The van der Waals surface area contributed by atoms with Crippen LogP contribution in [-0.2, 0) is 4.79 Å². The largest absolute Gasteiger partial charge is 0.343 e. The number of aromatic nitrogens is 2. The molecule has 0 saturated carbocycles. The first-order chi connectivity index (χ1) is 13.1. The van der Waals surface area contributed by atoms with E-state index in [2.05, 4.69) is 33.9 Å². The Morgan fingerprint density at radius 3 is 2.74 bits per heavy atom. The highest BCUT2D eigenvalue weighted by Gasteiger charge is 2.43. The highest BCUT2D eigenvalue weighted by atomic mass is 16.5. The first-order valence-electron chi connectivity index (χ1n) is 9.74. The Balaban J connectivity index is 1.54. The number of benzene rings is 1. The van der Waals surface area contributed by atoms with Crippen LogP contribution in [0.2, 0.25) is 0 Å². The number of hydrogen-bond donors (Lipinski definition) is 0. The fourth-order valence-corrected chi connectivity index (χ4v) is 4.24. The summed E-state index contributed by atoms with van der Waals surface area (Å²) < 4.78 is 5.59. The van der Waals surface area contributed by atoms with Crippen LogP contribution < -0.4 is 4.90 Å². The second-order valence-corrected chi connectivity index (χ2v) is 7.56. The van der Waals surface area contributed by atoms with Crippen molar-refractivity contribution >= 4 is 11.9 Å². The van der Waals surface area contributed by atoms with Crippen LogP contribution in [0, 0.1) is 0 Å². The van der Waals surface area contributed by atoms with E-state index in [9.17, 15) is 4.79 Å². The Kier molecular flexibility index (Phi) is 4.86. The second-order valence-electron chi connectivity index (χ2n) is 7.56. The third kappa shape index (κ3) is 3.43. The van der Waals surface area contributed by atoms with Gasteiger partial charge in [0.1, 0.15) is 0 Å². The van der Waals surface area contributed by atoms with Gasteiger partial charge in [-0.1, -0.05) is 35.5 Å². The van der Waals surface area contributed by atoms with E-state index in [1.165, 1.54) is 0 Å². The number of likely N-dealkylation sites (tertiary alicyclic amines) is 1. The molecule has 3 heterocycles. The van der Waals surface area contributed by atoms with Gasteiger partial charge in [0.05, 0.1) is 0 Å². The van der Waals surface area contributed by atoms with E-state index < -0.39 is 0 Å². The molecule has 144 valence electrons. The highest BCUT2D eigenvalue weighted by Crippen LogP contribution is 2.34. The van der Waals surface area contributed by atoms with Gasteiger partial charge >= 0.3 is 6.01 Å². The fourth-order valence-electron chi connectivity index (χ4n) is 4.24. The Hall–Kier alpha value is -2.41. The van der Waals surface area contributed by atoms with Gasteiger partial charge in [-0.05, 0) is 26.8 Å². The Morgan fingerprint density at radius 2 is 1.96 bits per heavy atom. The molecule has 2 aliphatic rings. The fraction of sp³-hybridized carbons (Fsp3) is 0.550. The zero-order chi connectivity index (χ0) is 18.9. The summed E-state index contributed by atoms with van der Waals surface area (Å²) in [4.78, 5) is 23.6. The molecular weight excluding hydrogens is 342 g/mol. The van der Waals surface area contributed by atoms with Gasteiger partial charge in [0.25, 0.3) is 0 Å². The standard InChI is InChI=1S/C20H27N5O2/c1-3-24-12-11-20(10-9-17(24)26)15-25(14-13-23(20)2)19-21-18(22-27-19)16-7-5-4-6-8-16/h4-8H,3,9-15H2,1-2H3. The van der Waals surface area contributed by atoms with Crippen molar-refractivity contribution in [2.45, 2.75) is 31.7 Å². The van der Waals surface area contributed by atoms with Gasteiger partial charge in [0.15, 0.2) is 0 Å². The number of carbonyl (C=O) groups excluding carboxylic acids is 1. The lowest BCUT2D eigenvalue weighted by Crippen LogP contribution is -2.61. The molecule has 27 heavy (non-hydrogen) atoms. The number of rotatable bonds is 3. The molecule has 2 fully saturated rings. The molecule has 1 unspecified atom stereocenters. The van der Waals surface area contributed by atoms with Gasteiger partial charge in [-0.2, -0.15) is 4.98 Å². The summed E-state index contributed by atoms with van der Waals surface area (Å²) in [6.07, 6.45) is 2.44. The van der Waals surface area contributed by atoms with Crippen molar-refractivity contribution in [2.24, 2.45) is 0 Å². The number of amides is 1. The topological polar surface area (TPSA) is 65.7 Å². The van der Waals surface area contributed by atoms with Gasteiger partial charge < -0.3 is 14.3 Å². The molecular formula is C20H27N5O2. The molecule has 0 radical (unpaired) electrons. The van der Waals surface area contributed by atoms with E-state index in [-0.39, 0.29) is 11.4 Å². The lowest BCUT2D eigenvalue weighted by Gasteiger charge is -2.48. The van der Waals surface area contributed by atoms with Crippen molar-refractivity contribution in [3.63, 3.8) is 0 Å². The maximum atomic E-state index is 12.3. The van der Waals surface area contributed by atoms with Crippen LogP contribution in [0.15, 0.2) is 34.9 Å². The molecule has 1 aromatic heterocycles. The number of likely N-dealkylation sites (N-methyl/N-ethyl adjacent to an activating group) is 1. The van der Waals surface area contributed by atoms with Crippen molar-refractivity contribution < 1.29 is 9.32 Å². The quantitative estimate of drug-likeness (QED) is 0.827. The van der Waals surface area contributed by atoms with E-state index in [0.29, 0.717) is 18.3 Å². The lowest BCUT2D eigenvalue weighted by atomic mass is 9.86. The van der Waals surface area contributed by atoms with Gasteiger partial charge in [-0.3, -0.25) is 9.69 Å². The zero-order valence-corrected chi connectivity index (χ0v) is 16.1. The molecule has 0 N–H and O–H groups in total. The van der Waals surface area contributed by atoms with Gasteiger partial charge in [-0.25, -0.2) is 0 Å². The smallest absolute Gasteiger partial charge is 0.324 e. The number of piperazine rings is 1. The SMILES string of the molecule is CCN1CCC2(CCC1=O)CN(c1nc(-c3ccccc3)no1)CCN2C.